The lowest BCUT2D eigenvalue weighted by molar-refractivity contribution is 0.414. The van der Waals surface area contributed by atoms with Crippen LogP contribution in [0.2, 0.25) is 5.15 Å². The van der Waals surface area contributed by atoms with Crippen LogP contribution in [0.3, 0.4) is 0 Å². The monoisotopic (exact) mass is 270 g/mol. The minimum Gasteiger partial charge on any atom is -0.497 e. The fraction of sp³-hybridized carbons (Fsp3) is 0.250. The average molecular weight is 271 g/mol. The highest BCUT2D eigenvalue weighted by Gasteiger charge is 2.13. The summed E-state index contributed by atoms with van der Waals surface area (Å²) in [6, 6.07) is 7.52. The molecule has 0 saturated carbocycles. The van der Waals surface area contributed by atoms with Gasteiger partial charge in [-0.1, -0.05) is 11.6 Å². The maximum absolute atomic E-state index is 6.22. The molecular formula is C12H12Cl2N2O. The number of halogens is 2. The van der Waals surface area contributed by atoms with Crippen LogP contribution in [0.1, 0.15) is 11.3 Å². The first-order valence-electron chi connectivity index (χ1n) is 5.11. The number of nitrogens with zero attached hydrogens (tertiary/aromatic N) is 2. The molecule has 0 radical (unpaired) electrons. The molecule has 0 unspecified atom stereocenters. The molecule has 5 heteroatoms. The smallest absolute Gasteiger partial charge is 0.137 e. The van der Waals surface area contributed by atoms with Crippen molar-refractivity contribution in [1.29, 1.82) is 0 Å². The van der Waals surface area contributed by atoms with Gasteiger partial charge in [0.2, 0.25) is 0 Å². The molecule has 0 aliphatic carbocycles. The van der Waals surface area contributed by atoms with Crippen molar-refractivity contribution in [3.63, 3.8) is 0 Å². The Labute approximate surface area is 110 Å². The number of hydrogen-bond donors (Lipinski definition) is 0. The topological polar surface area (TPSA) is 27.1 Å². The lowest BCUT2D eigenvalue weighted by atomic mass is 10.3. The van der Waals surface area contributed by atoms with Gasteiger partial charge in [-0.05, 0) is 31.2 Å². The Kier molecular flexibility index (Phi) is 3.60. The van der Waals surface area contributed by atoms with Gasteiger partial charge in [0.05, 0.1) is 24.4 Å². The van der Waals surface area contributed by atoms with Crippen molar-refractivity contribution in [3.8, 4) is 11.4 Å². The van der Waals surface area contributed by atoms with E-state index in [0.717, 1.165) is 22.7 Å². The van der Waals surface area contributed by atoms with Crippen molar-refractivity contribution >= 4 is 23.2 Å². The number of ether oxygens (including phenoxy) is 1. The van der Waals surface area contributed by atoms with Gasteiger partial charge in [-0.15, -0.1) is 11.6 Å². The highest BCUT2D eigenvalue weighted by Crippen LogP contribution is 2.25. The Balaban J connectivity index is 2.45. The minimum atomic E-state index is 0.362. The first kappa shape index (κ1) is 12.3. The Morgan fingerprint density at radius 3 is 2.41 bits per heavy atom. The summed E-state index contributed by atoms with van der Waals surface area (Å²) < 4.78 is 6.78. The predicted octanol–water partition coefficient (Wildman–Crippen LogP) is 3.58. The van der Waals surface area contributed by atoms with E-state index in [0.29, 0.717) is 11.0 Å². The quantitative estimate of drug-likeness (QED) is 0.798. The number of rotatable bonds is 3. The molecule has 0 amide bonds. The number of aryl methyl sites for hydroxylation is 1. The van der Waals surface area contributed by atoms with Crippen LogP contribution >= 0.6 is 23.2 Å². The first-order valence-corrected chi connectivity index (χ1v) is 6.03. The molecule has 0 aliphatic rings. The van der Waals surface area contributed by atoms with Crippen LogP contribution in [0.15, 0.2) is 24.3 Å². The van der Waals surface area contributed by atoms with E-state index < -0.39 is 0 Å². The fourth-order valence-corrected chi connectivity index (χ4v) is 2.31. The van der Waals surface area contributed by atoms with Gasteiger partial charge in [0.25, 0.3) is 0 Å². The molecule has 0 spiro atoms. The van der Waals surface area contributed by atoms with Gasteiger partial charge in [-0.25, -0.2) is 4.68 Å². The van der Waals surface area contributed by atoms with E-state index in [2.05, 4.69) is 5.10 Å². The molecule has 2 aromatic rings. The van der Waals surface area contributed by atoms with Crippen LogP contribution in [-0.2, 0) is 5.88 Å². The van der Waals surface area contributed by atoms with Gasteiger partial charge in [-0.2, -0.15) is 5.10 Å². The standard InChI is InChI=1S/C12H12Cl2N2O/c1-8-11(7-13)12(14)16(15-8)9-3-5-10(17-2)6-4-9/h3-6H,7H2,1-2H3. The predicted molar refractivity (Wildman–Crippen MR) is 69.4 cm³/mol. The van der Waals surface area contributed by atoms with Crippen LogP contribution in [0.4, 0.5) is 0 Å². The normalized spacial score (nSPS) is 10.6. The maximum atomic E-state index is 6.22. The van der Waals surface area contributed by atoms with E-state index >= 15 is 0 Å². The van der Waals surface area contributed by atoms with Crippen molar-refractivity contribution in [2.24, 2.45) is 0 Å². The van der Waals surface area contributed by atoms with Gasteiger partial charge >= 0.3 is 0 Å². The maximum Gasteiger partial charge on any atom is 0.137 e. The molecule has 0 saturated heterocycles. The summed E-state index contributed by atoms with van der Waals surface area (Å²) >= 11 is 12.1. The van der Waals surface area contributed by atoms with Crippen molar-refractivity contribution < 1.29 is 4.74 Å². The third-order valence-electron chi connectivity index (χ3n) is 2.57. The third kappa shape index (κ3) is 2.26. The van der Waals surface area contributed by atoms with Crippen molar-refractivity contribution in [2.45, 2.75) is 12.8 Å². The molecule has 0 atom stereocenters. The van der Waals surface area contributed by atoms with Crippen LogP contribution < -0.4 is 4.74 Å². The van der Waals surface area contributed by atoms with E-state index in [1.54, 1.807) is 11.8 Å². The summed E-state index contributed by atoms with van der Waals surface area (Å²) in [7, 11) is 1.63. The van der Waals surface area contributed by atoms with E-state index in [9.17, 15) is 0 Å². The fourth-order valence-electron chi connectivity index (χ4n) is 1.58. The summed E-state index contributed by atoms with van der Waals surface area (Å²) in [5.41, 5.74) is 2.60. The summed E-state index contributed by atoms with van der Waals surface area (Å²) in [4.78, 5) is 0. The second-order valence-electron chi connectivity index (χ2n) is 3.60. The van der Waals surface area contributed by atoms with Crippen molar-refractivity contribution in [2.75, 3.05) is 7.11 Å². The summed E-state index contributed by atoms with van der Waals surface area (Å²) in [5, 5.41) is 4.92. The first-order chi connectivity index (χ1) is 8.17. The molecular weight excluding hydrogens is 259 g/mol. The Hall–Kier alpha value is -1.19. The van der Waals surface area contributed by atoms with Crippen LogP contribution in [0.5, 0.6) is 5.75 Å². The Morgan fingerprint density at radius 2 is 1.94 bits per heavy atom. The molecule has 0 bridgehead atoms. The van der Waals surface area contributed by atoms with Crippen LogP contribution in [-0.4, -0.2) is 16.9 Å². The average Bonchev–Trinajstić information content (AvgIpc) is 2.64. The van der Waals surface area contributed by atoms with Crippen molar-refractivity contribution in [1.82, 2.24) is 9.78 Å². The van der Waals surface area contributed by atoms with Gasteiger partial charge in [0.15, 0.2) is 0 Å². The molecule has 2 rings (SSSR count). The van der Waals surface area contributed by atoms with E-state index in [4.69, 9.17) is 27.9 Å². The van der Waals surface area contributed by atoms with Gasteiger partial charge in [-0.3, -0.25) is 0 Å². The number of aromatic nitrogens is 2. The van der Waals surface area contributed by atoms with E-state index in [1.807, 2.05) is 31.2 Å². The van der Waals surface area contributed by atoms with E-state index in [-0.39, 0.29) is 0 Å². The Bertz CT molecular complexity index is 520. The number of hydrogen-bond acceptors (Lipinski definition) is 2. The van der Waals surface area contributed by atoms with Gasteiger partial charge < -0.3 is 4.74 Å². The second kappa shape index (κ2) is 4.98. The van der Waals surface area contributed by atoms with E-state index in [1.165, 1.54) is 0 Å². The highest BCUT2D eigenvalue weighted by molar-refractivity contribution is 6.31. The molecule has 0 N–H and O–H groups in total. The number of methoxy groups -OCH3 is 1. The van der Waals surface area contributed by atoms with Gasteiger partial charge in [0.1, 0.15) is 10.9 Å². The lowest BCUT2D eigenvalue weighted by Crippen LogP contribution is -1.96. The van der Waals surface area contributed by atoms with Crippen molar-refractivity contribution in [3.05, 3.63) is 40.7 Å². The lowest BCUT2D eigenvalue weighted by Gasteiger charge is -2.04. The molecule has 1 aromatic carbocycles. The number of alkyl halides is 1. The number of benzene rings is 1. The molecule has 0 aliphatic heterocycles. The molecule has 3 nitrogen and oxygen atoms in total. The summed E-state index contributed by atoms with van der Waals surface area (Å²) in [5.74, 6) is 1.16. The van der Waals surface area contributed by atoms with Crippen LogP contribution in [0.25, 0.3) is 5.69 Å². The molecule has 17 heavy (non-hydrogen) atoms. The minimum absolute atomic E-state index is 0.362. The third-order valence-corrected chi connectivity index (χ3v) is 3.23. The zero-order valence-corrected chi connectivity index (χ0v) is 11.1. The largest absolute Gasteiger partial charge is 0.497 e. The molecule has 1 aromatic heterocycles. The van der Waals surface area contributed by atoms with Gasteiger partial charge in [0, 0.05) is 5.56 Å². The van der Waals surface area contributed by atoms with Crippen LogP contribution in [0, 0.1) is 6.92 Å². The molecule has 90 valence electrons. The second-order valence-corrected chi connectivity index (χ2v) is 4.22. The highest BCUT2D eigenvalue weighted by atomic mass is 35.5. The molecule has 0 fully saturated rings. The summed E-state index contributed by atoms with van der Waals surface area (Å²) in [6.07, 6.45) is 0. The zero-order chi connectivity index (χ0) is 12.4. The molecule has 1 heterocycles. The Morgan fingerprint density at radius 1 is 1.29 bits per heavy atom. The SMILES string of the molecule is COc1ccc(-n2nc(C)c(CCl)c2Cl)cc1. The summed E-state index contributed by atoms with van der Waals surface area (Å²) in [6.45, 7) is 1.89. The zero-order valence-electron chi connectivity index (χ0n) is 9.58.